The quantitative estimate of drug-likeness (QED) is 0.572. The zero-order valence-electron chi connectivity index (χ0n) is 14.5. The molecule has 1 heterocycles. The Morgan fingerprint density at radius 2 is 1.38 bits per heavy atom. The fraction of sp³-hybridized carbons (Fsp3) is 0.263. The first-order valence-corrected chi connectivity index (χ1v) is 9.33. The summed E-state index contributed by atoms with van der Waals surface area (Å²) in [4.78, 5) is 26.3. The predicted octanol–water partition coefficient (Wildman–Crippen LogP) is 2.30. The van der Waals surface area contributed by atoms with Crippen molar-refractivity contribution in [3.05, 3.63) is 48.5 Å². The van der Waals surface area contributed by atoms with Crippen LogP contribution < -0.4 is 21.3 Å². The van der Waals surface area contributed by atoms with Gasteiger partial charge in [0.25, 0.3) is 0 Å². The average molecular weight is 370 g/mol. The molecule has 7 heteroatoms. The van der Waals surface area contributed by atoms with E-state index in [4.69, 9.17) is 0 Å². The van der Waals surface area contributed by atoms with Crippen molar-refractivity contribution in [2.24, 2.45) is 0 Å². The monoisotopic (exact) mass is 370 g/mol. The second kappa shape index (κ2) is 8.84. The molecule has 26 heavy (non-hydrogen) atoms. The molecule has 1 aliphatic rings. The normalized spacial score (nSPS) is 19.2. The summed E-state index contributed by atoms with van der Waals surface area (Å²) in [5.41, 5.74) is 1.51. The van der Waals surface area contributed by atoms with E-state index in [-0.39, 0.29) is 30.9 Å². The Bertz CT molecular complexity index is 797. The Hall–Kier alpha value is -2.35. The Morgan fingerprint density at radius 3 is 2.00 bits per heavy atom. The molecule has 0 saturated heterocycles. The minimum absolute atomic E-state index is 0.0654. The molecular formula is C19H22N4O2S. The maximum absolute atomic E-state index is 12.3. The molecule has 0 spiro atoms. The summed E-state index contributed by atoms with van der Waals surface area (Å²) < 4.78 is 0. The van der Waals surface area contributed by atoms with Crippen LogP contribution in [0.4, 0.5) is 11.4 Å². The summed E-state index contributed by atoms with van der Waals surface area (Å²) in [6, 6.07) is 15.4. The van der Waals surface area contributed by atoms with Gasteiger partial charge in [0, 0.05) is 22.4 Å². The highest BCUT2D eigenvalue weighted by Gasteiger charge is 2.13. The lowest BCUT2D eigenvalue weighted by Crippen LogP contribution is -2.42. The number of amides is 2. The van der Waals surface area contributed by atoms with Crippen molar-refractivity contribution in [1.29, 1.82) is 0 Å². The van der Waals surface area contributed by atoms with Crippen molar-refractivity contribution < 1.29 is 9.59 Å². The van der Waals surface area contributed by atoms with Crippen LogP contribution in [0.2, 0.25) is 0 Å². The minimum atomic E-state index is -0.0951. The topological polar surface area (TPSA) is 82.3 Å². The number of hydrogen-bond acceptors (Lipinski definition) is 5. The number of carbonyl (C=O) groups is 2. The van der Waals surface area contributed by atoms with E-state index in [1.165, 1.54) is 11.8 Å². The van der Waals surface area contributed by atoms with Crippen LogP contribution in [-0.2, 0) is 9.59 Å². The fourth-order valence-corrected chi connectivity index (χ4v) is 3.55. The van der Waals surface area contributed by atoms with E-state index in [0.717, 1.165) is 21.2 Å². The molecule has 1 aliphatic heterocycles. The second-order valence-electron chi connectivity index (χ2n) is 6.10. The van der Waals surface area contributed by atoms with Crippen LogP contribution >= 0.6 is 11.8 Å². The molecule has 0 fully saturated rings. The number of benzene rings is 2. The third-order valence-corrected chi connectivity index (χ3v) is 5.04. The van der Waals surface area contributed by atoms with E-state index in [1.807, 2.05) is 55.5 Å². The molecule has 0 radical (unpaired) electrons. The van der Waals surface area contributed by atoms with E-state index in [2.05, 4.69) is 21.3 Å². The second-order valence-corrected chi connectivity index (χ2v) is 7.19. The molecule has 6 nitrogen and oxygen atoms in total. The highest BCUT2D eigenvalue weighted by atomic mass is 32.2. The van der Waals surface area contributed by atoms with E-state index in [1.54, 1.807) is 0 Å². The summed E-state index contributed by atoms with van der Waals surface area (Å²) in [5.74, 6) is -0.190. The molecule has 1 atom stereocenters. The van der Waals surface area contributed by atoms with Crippen LogP contribution in [0.15, 0.2) is 58.3 Å². The standard InChI is InChI=1S/C19H22N4O2S/c1-13-10-20-11-18(24)22-14-6-2-4-8-16(14)26-17-9-5-3-7-15(17)23-19(25)12-21-13/h2-9,13,20-21H,10-12H2,1H3,(H,22,24)(H,23,25). The number of hydrogen-bond donors (Lipinski definition) is 4. The summed E-state index contributed by atoms with van der Waals surface area (Å²) in [5, 5.41) is 12.2. The van der Waals surface area contributed by atoms with Gasteiger partial charge in [-0.25, -0.2) is 0 Å². The van der Waals surface area contributed by atoms with Gasteiger partial charge in [0.15, 0.2) is 0 Å². The molecule has 0 aliphatic carbocycles. The van der Waals surface area contributed by atoms with Crippen LogP contribution in [0.5, 0.6) is 0 Å². The van der Waals surface area contributed by atoms with Crippen LogP contribution in [0.25, 0.3) is 0 Å². The summed E-state index contributed by atoms with van der Waals surface area (Å²) >= 11 is 1.51. The van der Waals surface area contributed by atoms with Gasteiger partial charge in [0.2, 0.25) is 11.8 Å². The SMILES string of the molecule is CC1CNCC(=O)Nc2ccccc2Sc2ccccc2NC(=O)CN1. The number of carbonyl (C=O) groups excluding carboxylic acids is 2. The first-order valence-electron chi connectivity index (χ1n) is 8.51. The Balaban J connectivity index is 1.91. The minimum Gasteiger partial charge on any atom is -0.324 e. The molecule has 2 aromatic carbocycles. The molecule has 2 amide bonds. The molecular weight excluding hydrogens is 348 g/mol. The van der Waals surface area contributed by atoms with Crippen molar-refractivity contribution in [2.75, 3.05) is 30.3 Å². The largest absolute Gasteiger partial charge is 0.324 e. The van der Waals surface area contributed by atoms with Crippen molar-refractivity contribution in [1.82, 2.24) is 10.6 Å². The lowest BCUT2D eigenvalue weighted by atomic mass is 10.3. The van der Waals surface area contributed by atoms with Gasteiger partial charge in [-0.3, -0.25) is 9.59 Å². The highest BCUT2D eigenvalue weighted by Crippen LogP contribution is 2.37. The third-order valence-electron chi connectivity index (χ3n) is 3.89. The van der Waals surface area contributed by atoms with Gasteiger partial charge in [-0.15, -0.1) is 0 Å². The number of anilines is 2. The zero-order valence-corrected chi connectivity index (χ0v) is 15.4. The lowest BCUT2D eigenvalue weighted by Gasteiger charge is -2.14. The van der Waals surface area contributed by atoms with Gasteiger partial charge in [0.05, 0.1) is 24.5 Å². The van der Waals surface area contributed by atoms with Crippen molar-refractivity contribution in [3.63, 3.8) is 0 Å². The van der Waals surface area contributed by atoms with E-state index < -0.39 is 0 Å². The molecule has 0 saturated carbocycles. The van der Waals surface area contributed by atoms with Crippen LogP contribution in [0.3, 0.4) is 0 Å². The maximum Gasteiger partial charge on any atom is 0.238 e. The van der Waals surface area contributed by atoms with Gasteiger partial charge in [-0.1, -0.05) is 36.0 Å². The number of nitrogens with one attached hydrogen (secondary N) is 4. The van der Waals surface area contributed by atoms with Gasteiger partial charge in [0.1, 0.15) is 0 Å². The van der Waals surface area contributed by atoms with Crippen molar-refractivity contribution in [3.8, 4) is 0 Å². The molecule has 0 aromatic heterocycles. The van der Waals surface area contributed by atoms with Crippen LogP contribution in [0.1, 0.15) is 6.92 Å². The first-order chi connectivity index (χ1) is 12.6. The number of para-hydroxylation sites is 2. The maximum atomic E-state index is 12.3. The first kappa shape index (κ1) is 18.4. The van der Waals surface area contributed by atoms with Crippen LogP contribution in [-0.4, -0.2) is 37.5 Å². The van der Waals surface area contributed by atoms with Gasteiger partial charge in [-0.2, -0.15) is 0 Å². The summed E-state index contributed by atoms with van der Waals surface area (Å²) in [7, 11) is 0. The summed E-state index contributed by atoms with van der Waals surface area (Å²) in [6.07, 6.45) is 0. The summed E-state index contributed by atoms with van der Waals surface area (Å²) in [6.45, 7) is 2.99. The molecule has 4 N–H and O–H groups in total. The van der Waals surface area contributed by atoms with Crippen molar-refractivity contribution >= 4 is 35.0 Å². The number of fused-ring (bicyclic) bond motifs is 2. The molecule has 3 rings (SSSR count). The van der Waals surface area contributed by atoms with E-state index in [0.29, 0.717) is 6.54 Å². The van der Waals surface area contributed by atoms with E-state index >= 15 is 0 Å². The Kier molecular flexibility index (Phi) is 6.27. The Morgan fingerprint density at radius 1 is 0.846 bits per heavy atom. The average Bonchev–Trinajstić information content (AvgIpc) is 2.63. The van der Waals surface area contributed by atoms with Gasteiger partial charge < -0.3 is 21.3 Å². The lowest BCUT2D eigenvalue weighted by molar-refractivity contribution is -0.116. The van der Waals surface area contributed by atoms with Gasteiger partial charge >= 0.3 is 0 Å². The number of rotatable bonds is 0. The predicted molar refractivity (Wildman–Crippen MR) is 105 cm³/mol. The highest BCUT2D eigenvalue weighted by molar-refractivity contribution is 7.99. The third kappa shape index (κ3) is 5.08. The fourth-order valence-electron chi connectivity index (χ4n) is 2.57. The molecule has 136 valence electrons. The zero-order chi connectivity index (χ0) is 18.4. The Labute approximate surface area is 157 Å². The molecule has 0 bridgehead atoms. The molecule has 2 aromatic rings. The van der Waals surface area contributed by atoms with Crippen LogP contribution in [0, 0.1) is 0 Å². The molecule has 1 unspecified atom stereocenters. The van der Waals surface area contributed by atoms with Gasteiger partial charge in [-0.05, 0) is 31.2 Å². The smallest absolute Gasteiger partial charge is 0.238 e. The van der Waals surface area contributed by atoms with Crippen molar-refractivity contribution in [2.45, 2.75) is 22.8 Å². The van der Waals surface area contributed by atoms with E-state index in [9.17, 15) is 9.59 Å².